The van der Waals surface area contributed by atoms with Crippen molar-refractivity contribution in [2.45, 2.75) is 19.9 Å². The van der Waals surface area contributed by atoms with Crippen molar-refractivity contribution in [3.8, 4) is 11.5 Å². The molecule has 1 N–H and O–H groups in total. The van der Waals surface area contributed by atoms with E-state index in [0.717, 1.165) is 11.1 Å². The number of benzene rings is 2. The van der Waals surface area contributed by atoms with E-state index >= 15 is 0 Å². The molecule has 0 atom stereocenters. The van der Waals surface area contributed by atoms with Crippen molar-refractivity contribution >= 4 is 29.1 Å². The number of rotatable bonds is 6. The Kier molecular flexibility index (Phi) is 6.34. The highest BCUT2D eigenvalue weighted by Gasteiger charge is 2.21. The summed E-state index contributed by atoms with van der Waals surface area (Å²) in [5, 5.41) is 7.95. The summed E-state index contributed by atoms with van der Waals surface area (Å²) < 4.78 is 25.7. The molecule has 9 heteroatoms. The van der Waals surface area contributed by atoms with Gasteiger partial charge in [-0.1, -0.05) is 35.3 Å². The molecule has 2 heterocycles. The molecule has 1 aliphatic heterocycles. The fraction of sp³-hybridized carbons (Fsp3) is 0.273. The molecule has 0 saturated carbocycles. The molecule has 4 rings (SSSR count). The molecule has 0 spiro atoms. The van der Waals surface area contributed by atoms with Crippen LogP contribution in [0, 0.1) is 12.7 Å². The summed E-state index contributed by atoms with van der Waals surface area (Å²) in [4.78, 5) is 12.7. The molecule has 0 unspecified atom stereocenters. The fourth-order valence-corrected chi connectivity index (χ4v) is 4.00. The number of ether oxygens (including phenoxy) is 2. The predicted molar refractivity (Wildman–Crippen MR) is 116 cm³/mol. The van der Waals surface area contributed by atoms with Gasteiger partial charge in [0.2, 0.25) is 0 Å². The third kappa shape index (κ3) is 4.78. The topological polar surface area (TPSA) is 65.4 Å². The molecular formula is C22H20Cl2FN3O3. The molecule has 0 saturated heterocycles. The van der Waals surface area contributed by atoms with Crippen molar-refractivity contribution < 1.29 is 18.7 Å². The van der Waals surface area contributed by atoms with Gasteiger partial charge >= 0.3 is 0 Å². The first kappa shape index (κ1) is 21.5. The monoisotopic (exact) mass is 463 g/mol. The third-order valence-corrected chi connectivity index (χ3v) is 5.56. The van der Waals surface area contributed by atoms with Crippen LogP contribution in [-0.2, 0) is 13.0 Å². The van der Waals surface area contributed by atoms with Gasteiger partial charge in [-0.2, -0.15) is 5.10 Å². The average molecular weight is 464 g/mol. The summed E-state index contributed by atoms with van der Waals surface area (Å²) in [5.74, 6) is 0.542. The number of hydrogen-bond donors (Lipinski definition) is 1. The largest absolute Gasteiger partial charge is 0.486 e. The van der Waals surface area contributed by atoms with Crippen molar-refractivity contribution in [2.24, 2.45) is 0 Å². The number of hydrogen-bond acceptors (Lipinski definition) is 4. The minimum absolute atomic E-state index is 0.238. The van der Waals surface area contributed by atoms with Crippen LogP contribution in [0.4, 0.5) is 4.39 Å². The maximum Gasteiger partial charge on any atom is 0.256 e. The summed E-state index contributed by atoms with van der Waals surface area (Å²) in [6, 6.07) is 9.72. The number of nitrogens with one attached hydrogen (secondary N) is 1. The third-order valence-electron chi connectivity index (χ3n) is 4.89. The molecule has 1 amide bonds. The van der Waals surface area contributed by atoms with Gasteiger partial charge in [0, 0.05) is 6.54 Å². The van der Waals surface area contributed by atoms with Gasteiger partial charge in [0.15, 0.2) is 11.5 Å². The van der Waals surface area contributed by atoms with Gasteiger partial charge in [-0.25, -0.2) is 9.07 Å². The lowest BCUT2D eigenvalue weighted by Gasteiger charge is -2.20. The first-order valence-electron chi connectivity index (χ1n) is 9.76. The van der Waals surface area contributed by atoms with E-state index in [1.165, 1.54) is 16.8 Å². The lowest BCUT2D eigenvalue weighted by Crippen LogP contribution is -2.26. The summed E-state index contributed by atoms with van der Waals surface area (Å²) >= 11 is 12.7. The molecule has 1 aliphatic rings. The van der Waals surface area contributed by atoms with Crippen molar-refractivity contribution in [1.82, 2.24) is 15.1 Å². The minimum atomic E-state index is -0.314. The number of aryl methyl sites for hydroxylation is 1. The second-order valence-corrected chi connectivity index (χ2v) is 7.91. The van der Waals surface area contributed by atoms with Crippen LogP contribution in [0.25, 0.3) is 0 Å². The van der Waals surface area contributed by atoms with Crippen LogP contribution in [0.2, 0.25) is 10.2 Å². The summed E-state index contributed by atoms with van der Waals surface area (Å²) in [6.45, 7) is 3.39. The number of fused-ring (bicyclic) bond motifs is 1. The number of aromatic nitrogens is 2. The minimum Gasteiger partial charge on any atom is -0.486 e. The maximum absolute atomic E-state index is 13.1. The molecule has 31 heavy (non-hydrogen) atoms. The van der Waals surface area contributed by atoms with Crippen LogP contribution in [0.3, 0.4) is 0 Å². The number of amides is 1. The van der Waals surface area contributed by atoms with Crippen molar-refractivity contribution in [2.75, 3.05) is 19.8 Å². The summed E-state index contributed by atoms with van der Waals surface area (Å²) in [6.07, 6.45) is 0.558. The van der Waals surface area contributed by atoms with E-state index in [1.54, 1.807) is 25.1 Å². The summed E-state index contributed by atoms with van der Waals surface area (Å²) in [5.41, 5.74) is 2.59. The Balaban J connectivity index is 1.40. The van der Waals surface area contributed by atoms with Crippen LogP contribution in [-0.4, -0.2) is 35.4 Å². The van der Waals surface area contributed by atoms with Crippen LogP contribution >= 0.6 is 23.2 Å². The lowest BCUT2D eigenvalue weighted by atomic mass is 10.1. The second-order valence-electron chi connectivity index (χ2n) is 7.14. The molecule has 162 valence electrons. The molecule has 0 fully saturated rings. The molecule has 0 aliphatic carbocycles. The second kappa shape index (κ2) is 9.16. The molecule has 6 nitrogen and oxygen atoms in total. The van der Waals surface area contributed by atoms with Crippen molar-refractivity contribution in [3.63, 3.8) is 0 Å². The number of carbonyl (C=O) groups is 1. The Labute approximate surface area is 188 Å². The van der Waals surface area contributed by atoms with E-state index in [1.807, 2.05) is 6.07 Å². The first-order chi connectivity index (χ1) is 14.9. The SMILES string of the molecule is Cc1nn(Cc2ccc(F)cc2)c(Cl)c1C(=O)NCCc1cc(Cl)c2c(c1)OCCO2. The van der Waals surface area contributed by atoms with E-state index < -0.39 is 0 Å². The van der Waals surface area contributed by atoms with Crippen LogP contribution < -0.4 is 14.8 Å². The Morgan fingerprint density at radius 1 is 1.16 bits per heavy atom. The zero-order valence-corrected chi connectivity index (χ0v) is 18.3. The number of halogens is 3. The molecule has 1 aromatic heterocycles. The Bertz CT molecular complexity index is 1120. The number of nitrogens with zero attached hydrogens (tertiary/aromatic N) is 2. The Morgan fingerprint density at radius 2 is 1.90 bits per heavy atom. The molecule has 3 aromatic rings. The highest BCUT2D eigenvalue weighted by atomic mass is 35.5. The van der Waals surface area contributed by atoms with E-state index in [0.29, 0.717) is 60.5 Å². The van der Waals surface area contributed by atoms with Crippen LogP contribution in [0.1, 0.15) is 27.2 Å². The maximum atomic E-state index is 13.1. The van der Waals surface area contributed by atoms with Gasteiger partial charge < -0.3 is 14.8 Å². The molecule has 0 radical (unpaired) electrons. The van der Waals surface area contributed by atoms with Gasteiger partial charge in [0.05, 0.1) is 22.8 Å². The van der Waals surface area contributed by atoms with Crippen molar-refractivity contribution in [1.29, 1.82) is 0 Å². The lowest BCUT2D eigenvalue weighted by molar-refractivity contribution is 0.0953. The highest BCUT2D eigenvalue weighted by Crippen LogP contribution is 2.38. The Hall–Kier alpha value is -2.77. The highest BCUT2D eigenvalue weighted by molar-refractivity contribution is 6.33. The summed E-state index contributed by atoms with van der Waals surface area (Å²) in [7, 11) is 0. The van der Waals surface area contributed by atoms with E-state index in [2.05, 4.69) is 10.4 Å². The normalized spacial score (nSPS) is 12.6. The Morgan fingerprint density at radius 3 is 2.68 bits per heavy atom. The first-order valence-corrected chi connectivity index (χ1v) is 10.5. The quantitative estimate of drug-likeness (QED) is 0.587. The predicted octanol–water partition coefficient (Wildman–Crippen LogP) is 4.43. The van der Waals surface area contributed by atoms with Gasteiger partial charge in [0.1, 0.15) is 24.2 Å². The van der Waals surface area contributed by atoms with Crippen LogP contribution in [0.15, 0.2) is 36.4 Å². The average Bonchev–Trinajstić information content (AvgIpc) is 3.02. The molecule has 0 bridgehead atoms. The van der Waals surface area contributed by atoms with E-state index in [9.17, 15) is 9.18 Å². The standard InChI is InChI=1S/C22H20Cl2FN3O3/c1-13-19(21(24)28(27-13)12-14-2-4-16(25)5-3-14)22(29)26-7-6-15-10-17(23)20-18(11-15)30-8-9-31-20/h2-5,10-11H,6-9,12H2,1H3,(H,26,29). The smallest absolute Gasteiger partial charge is 0.256 e. The van der Waals surface area contributed by atoms with Gasteiger partial charge in [-0.15, -0.1) is 0 Å². The van der Waals surface area contributed by atoms with Crippen molar-refractivity contribution in [3.05, 3.63) is 74.8 Å². The van der Waals surface area contributed by atoms with Gasteiger partial charge in [0.25, 0.3) is 5.91 Å². The van der Waals surface area contributed by atoms with Gasteiger partial charge in [-0.3, -0.25) is 4.79 Å². The molecule has 2 aromatic carbocycles. The zero-order chi connectivity index (χ0) is 22.0. The number of carbonyl (C=O) groups excluding carboxylic acids is 1. The van der Waals surface area contributed by atoms with E-state index in [4.69, 9.17) is 32.7 Å². The zero-order valence-electron chi connectivity index (χ0n) is 16.8. The van der Waals surface area contributed by atoms with E-state index in [-0.39, 0.29) is 16.9 Å². The molecular weight excluding hydrogens is 444 g/mol. The van der Waals surface area contributed by atoms with Gasteiger partial charge in [-0.05, 0) is 48.7 Å². The van der Waals surface area contributed by atoms with Crippen LogP contribution in [0.5, 0.6) is 11.5 Å². The fourth-order valence-electron chi connectivity index (χ4n) is 3.40.